The smallest absolute Gasteiger partial charge is 0.125 e. The van der Waals surface area contributed by atoms with Crippen molar-refractivity contribution in [3.63, 3.8) is 0 Å². The molecule has 2 N–H and O–H groups in total. The van der Waals surface area contributed by atoms with Gasteiger partial charge < -0.3 is 5.73 Å². The minimum atomic E-state index is -1.12. The minimum absolute atomic E-state index is 0.0571. The van der Waals surface area contributed by atoms with E-state index in [1.54, 1.807) is 0 Å². The van der Waals surface area contributed by atoms with Crippen LogP contribution in [0.3, 0.4) is 0 Å². The second kappa shape index (κ2) is 4.04. The Labute approximate surface area is 92.6 Å². The summed E-state index contributed by atoms with van der Waals surface area (Å²) >= 11 is 0. The highest BCUT2D eigenvalue weighted by atomic mass is 19.1. The molecule has 0 amide bonds. The Hall–Kier alpha value is -0.110. The molecule has 1 nitrogen and oxygen atoms in total. The summed E-state index contributed by atoms with van der Waals surface area (Å²) in [4.78, 5) is 0. The van der Waals surface area contributed by atoms with E-state index < -0.39 is 5.67 Å². The van der Waals surface area contributed by atoms with Crippen LogP contribution in [-0.4, -0.2) is 12.2 Å². The fraction of sp³-hybridized carbons (Fsp3) is 1.00. The maximum absolute atomic E-state index is 14.5. The molecule has 0 aromatic rings. The molecule has 4 atom stereocenters. The van der Waals surface area contributed by atoms with Crippen LogP contribution in [-0.2, 0) is 0 Å². The van der Waals surface area contributed by atoms with E-state index in [9.17, 15) is 4.39 Å². The van der Waals surface area contributed by atoms with Crippen LogP contribution in [0.2, 0.25) is 0 Å². The molecule has 2 aliphatic carbocycles. The average Bonchev–Trinajstić information content (AvgIpc) is 2.78. The molecule has 2 saturated carbocycles. The van der Waals surface area contributed by atoms with Crippen molar-refractivity contribution in [2.75, 3.05) is 6.54 Å². The van der Waals surface area contributed by atoms with Gasteiger partial charge in [-0.15, -0.1) is 0 Å². The van der Waals surface area contributed by atoms with Crippen molar-refractivity contribution in [3.8, 4) is 0 Å². The van der Waals surface area contributed by atoms with Gasteiger partial charge >= 0.3 is 0 Å². The van der Waals surface area contributed by atoms with Crippen molar-refractivity contribution >= 4 is 0 Å². The van der Waals surface area contributed by atoms with Crippen LogP contribution in [0.1, 0.15) is 46.0 Å². The molecule has 2 bridgehead atoms. The summed E-state index contributed by atoms with van der Waals surface area (Å²) in [6, 6.07) is 0. The van der Waals surface area contributed by atoms with Crippen LogP contribution in [0.5, 0.6) is 0 Å². The fourth-order valence-corrected chi connectivity index (χ4v) is 3.62. The van der Waals surface area contributed by atoms with Crippen molar-refractivity contribution in [1.29, 1.82) is 0 Å². The lowest BCUT2D eigenvalue weighted by molar-refractivity contribution is 0.0639. The van der Waals surface area contributed by atoms with Gasteiger partial charge in [-0.3, -0.25) is 0 Å². The van der Waals surface area contributed by atoms with Crippen LogP contribution in [0.4, 0.5) is 4.39 Å². The summed E-state index contributed by atoms with van der Waals surface area (Å²) in [5, 5.41) is 0. The maximum Gasteiger partial charge on any atom is 0.125 e. The van der Waals surface area contributed by atoms with Gasteiger partial charge in [0.25, 0.3) is 0 Å². The molecular weight excluding hydrogens is 189 g/mol. The number of hydrogen-bond acceptors (Lipinski definition) is 1. The van der Waals surface area contributed by atoms with Crippen molar-refractivity contribution in [2.24, 2.45) is 29.4 Å². The number of fused-ring (bicyclic) bond motifs is 2. The Morgan fingerprint density at radius 3 is 2.47 bits per heavy atom. The van der Waals surface area contributed by atoms with Crippen LogP contribution < -0.4 is 5.73 Å². The first-order valence-corrected chi connectivity index (χ1v) is 6.44. The highest BCUT2D eigenvalue weighted by molar-refractivity contribution is 4.95. The number of alkyl halides is 1. The monoisotopic (exact) mass is 213 g/mol. The lowest BCUT2D eigenvalue weighted by atomic mass is 9.77. The molecule has 2 aliphatic rings. The Morgan fingerprint density at radius 2 is 2.07 bits per heavy atom. The summed E-state index contributed by atoms with van der Waals surface area (Å²) in [5.74, 6) is 2.41. The Morgan fingerprint density at radius 1 is 1.33 bits per heavy atom. The largest absolute Gasteiger partial charge is 0.328 e. The predicted molar refractivity (Wildman–Crippen MR) is 61.3 cm³/mol. The quantitative estimate of drug-likeness (QED) is 0.763. The molecule has 0 aliphatic heterocycles. The Balaban J connectivity index is 1.96. The number of nitrogens with two attached hydrogens (primary N) is 1. The number of rotatable bonds is 4. The highest BCUT2D eigenvalue weighted by Gasteiger charge is 2.44. The first-order valence-electron chi connectivity index (χ1n) is 6.44. The van der Waals surface area contributed by atoms with Crippen LogP contribution >= 0.6 is 0 Å². The van der Waals surface area contributed by atoms with Gasteiger partial charge in [0, 0.05) is 6.54 Å². The molecule has 0 radical (unpaired) electrons. The molecule has 0 aromatic carbocycles. The first kappa shape index (κ1) is 11.4. The van der Waals surface area contributed by atoms with Crippen molar-refractivity contribution in [2.45, 2.75) is 51.6 Å². The zero-order valence-electron chi connectivity index (χ0n) is 10.0. The van der Waals surface area contributed by atoms with Crippen molar-refractivity contribution in [3.05, 3.63) is 0 Å². The van der Waals surface area contributed by atoms with E-state index in [1.807, 2.05) is 13.8 Å². The summed E-state index contributed by atoms with van der Waals surface area (Å²) in [7, 11) is 0. The Kier molecular flexibility index (Phi) is 3.07. The number of hydrogen-bond donors (Lipinski definition) is 1. The molecule has 0 heterocycles. The first-order chi connectivity index (χ1) is 7.05. The van der Waals surface area contributed by atoms with E-state index >= 15 is 0 Å². The second-order valence-corrected chi connectivity index (χ2v) is 6.03. The van der Waals surface area contributed by atoms with Gasteiger partial charge in [0.05, 0.1) is 0 Å². The molecular formula is C13H24FN. The van der Waals surface area contributed by atoms with Gasteiger partial charge in [-0.25, -0.2) is 4.39 Å². The lowest BCUT2D eigenvalue weighted by Gasteiger charge is -2.33. The molecule has 0 spiro atoms. The zero-order valence-corrected chi connectivity index (χ0v) is 10.0. The van der Waals surface area contributed by atoms with E-state index in [-0.39, 0.29) is 12.5 Å². The van der Waals surface area contributed by atoms with Crippen molar-refractivity contribution < 1.29 is 4.39 Å². The third-order valence-corrected chi connectivity index (χ3v) is 4.86. The second-order valence-electron chi connectivity index (χ2n) is 6.03. The van der Waals surface area contributed by atoms with Crippen LogP contribution in [0.15, 0.2) is 0 Å². The van der Waals surface area contributed by atoms with E-state index in [0.717, 1.165) is 11.8 Å². The van der Waals surface area contributed by atoms with Gasteiger partial charge in [-0.2, -0.15) is 0 Å². The molecule has 0 saturated heterocycles. The summed E-state index contributed by atoms with van der Waals surface area (Å²) in [6.07, 6.45) is 6.08. The SMILES string of the molecule is CC(C)C(F)(CN)CC1CC2CCC1C2. The predicted octanol–water partition coefficient (Wildman–Crippen LogP) is 3.14. The van der Waals surface area contributed by atoms with E-state index in [0.29, 0.717) is 12.3 Å². The van der Waals surface area contributed by atoms with E-state index in [2.05, 4.69) is 0 Å². The Bertz CT molecular complexity index is 229. The minimum Gasteiger partial charge on any atom is -0.328 e. The molecule has 2 heteroatoms. The maximum atomic E-state index is 14.5. The van der Waals surface area contributed by atoms with Crippen molar-refractivity contribution in [1.82, 2.24) is 0 Å². The van der Waals surface area contributed by atoms with Gasteiger partial charge in [0.1, 0.15) is 5.67 Å². The normalized spacial score (nSPS) is 38.6. The van der Waals surface area contributed by atoms with Gasteiger partial charge in [-0.05, 0) is 49.4 Å². The molecule has 15 heavy (non-hydrogen) atoms. The number of halogens is 1. The highest BCUT2D eigenvalue weighted by Crippen LogP contribution is 2.51. The molecule has 0 aromatic heterocycles. The lowest BCUT2D eigenvalue weighted by Crippen LogP contribution is -2.41. The standard InChI is InChI=1S/C13H24FN/c1-9(2)13(14,8-15)7-12-6-10-3-4-11(12)5-10/h9-12H,3-8,15H2,1-2H3. The third-order valence-electron chi connectivity index (χ3n) is 4.86. The third kappa shape index (κ3) is 2.06. The molecule has 2 rings (SSSR count). The van der Waals surface area contributed by atoms with Gasteiger partial charge in [-0.1, -0.05) is 20.3 Å². The summed E-state index contributed by atoms with van der Waals surface area (Å²) in [6.45, 7) is 4.11. The topological polar surface area (TPSA) is 26.0 Å². The van der Waals surface area contributed by atoms with E-state index in [1.165, 1.54) is 25.7 Å². The zero-order chi connectivity index (χ0) is 11.1. The van der Waals surface area contributed by atoms with Gasteiger partial charge in [0.2, 0.25) is 0 Å². The molecule has 88 valence electrons. The van der Waals surface area contributed by atoms with Gasteiger partial charge in [0.15, 0.2) is 0 Å². The molecule has 4 unspecified atom stereocenters. The average molecular weight is 213 g/mol. The summed E-state index contributed by atoms with van der Waals surface area (Å²) < 4.78 is 14.5. The fourth-order valence-electron chi connectivity index (χ4n) is 3.62. The van der Waals surface area contributed by atoms with Crippen LogP contribution in [0.25, 0.3) is 0 Å². The summed E-state index contributed by atoms with van der Waals surface area (Å²) in [5.41, 5.74) is 4.49. The van der Waals surface area contributed by atoms with E-state index in [4.69, 9.17) is 5.73 Å². The van der Waals surface area contributed by atoms with Crippen LogP contribution in [0, 0.1) is 23.7 Å². The molecule has 2 fully saturated rings.